The van der Waals surface area contributed by atoms with Crippen molar-refractivity contribution in [3.05, 3.63) is 54.2 Å². The third-order valence-electron chi connectivity index (χ3n) is 4.48. The fourth-order valence-electron chi connectivity index (χ4n) is 2.82. The van der Waals surface area contributed by atoms with Crippen LogP contribution in [0.15, 0.2) is 42.9 Å². The van der Waals surface area contributed by atoms with Crippen molar-refractivity contribution in [3.8, 4) is 17.3 Å². The number of aromatic nitrogens is 4. The van der Waals surface area contributed by atoms with E-state index in [2.05, 4.69) is 25.7 Å². The molecule has 29 heavy (non-hydrogen) atoms. The molecule has 0 bridgehead atoms. The molecular weight excluding hydrogens is 373 g/mol. The van der Waals surface area contributed by atoms with Crippen molar-refractivity contribution < 1.29 is 9.18 Å². The second-order valence-corrected chi connectivity index (χ2v) is 6.85. The SMILES string of the molecule is CC(C#N)NC(=O)c1ccc(-c2ccnc(Nc3cnn(C4CC4)c3)n2)cc1F. The van der Waals surface area contributed by atoms with Crippen LogP contribution in [-0.2, 0) is 0 Å². The number of hydrogen-bond donors (Lipinski definition) is 2. The Morgan fingerprint density at radius 1 is 1.38 bits per heavy atom. The van der Waals surface area contributed by atoms with Gasteiger partial charge in [0.05, 0.1) is 35.3 Å². The molecule has 1 saturated carbocycles. The summed E-state index contributed by atoms with van der Waals surface area (Å²) in [5.41, 5.74) is 1.66. The second kappa shape index (κ2) is 7.67. The lowest BCUT2D eigenvalue weighted by atomic mass is 10.1. The second-order valence-electron chi connectivity index (χ2n) is 6.85. The zero-order chi connectivity index (χ0) is 20.4. The highest BCUT2D eigenvalue weighted by Gasteiger charge is 2.24. The van der Waals surface area contributed by atoms with Gasteiger partial charge in [-0.2, -0.15) is 10.4 Å². The number of rotatable bonds is 6. The topological polar surface area (TPSA) is 109 Å². The van der Waals surface area contributed by atoms with E-state index in [1.54, 1.807) is 24.5 Å². The van der Waals surface area contributed by atoms with Crippen LogP contribution < -0.4 is 10.6 Å². The van der Waals surface area contributed by atoms with Crippen LogP contribution in [-0.4, -0.2) is 31.7 Å². The first kappa shape index (κ1) is 18.6. The number of nitrogens with zero attached hydrogens (tertiary/aromatic N) is 5. The Balaban J connectivity index is 1.52. The molecule has 3 aromatic rings. The third kappa shape index (κ3) is 4.21. The number of hydrogen-bond acceptors (Lipinski definition) is 6. The van der Waals surface area contributed by atoms with Gasteiger partial charge in [0, 0.05) is 18.0 Å². The summed E-state index contributed by atoms with van der Waals surface area (Å²) in [4.78, 5) is 20.7. The van der Waals surface area contributed by atoms with Crippen LogP contribution in [0.4, 0.5) is 16.0 Å². The van der Waals surface area contributed by atoms with Gasteiger partial charge in [0.25, 0.3) is 5.91 Å². The van der Waals surface area contributed by atoms with E-state index in [9.17, 15) is 9.18 Å². The van der Waals surface area contributed by atoms with E-state index >= 15 is 0 Å². The number of nitrogens with one attached hydrogen (secondary N) is 2. The molecule has 1 aliphatic rings. The van der Waals surface area contributed by atoms with Crippen LogP contribution in [0, 0.1) is 17.1 Å². The van der Waals surface area contributed by atoms with E-state index in [1.165, 1.54) is 19.1 Å². The van der Waals surface area contributed by atoms with Crippen LogP contribution in [0.5, 0.6) is 0 Å². The molecule has 1 fully saturated rings. The Kier molecular flexibility index (Phi) is 4.91. The van der Waals surface area contributed by atoms with Crippen molar-refractivity contribution in [1.82, 2.24) is 25.1 Å². The minimum atomic E-state index is -0.707. The quantitative estimate of drug-likeness (QED) is 0.668. The largest absolute Gasteiger partial charge is 0.336 e. The smallest absolute Gasteiger partial charge is 0.255 e. The monoisotopic (exact) mass is 391 g/mol. The Labute approximate surface area is 166 Å². The van der Waals surface area contributed by atoms with Crippen LogP contribution in [0.2, 0.25) is 0 Å². The maximum atomic E-state index is 14.5. The number of halogens is 1. The Hall–Kier alpha value is -3.80. The summed E-state index contributed by atoms with van der Waals surface area (Å²) in [6.07, 6.45) is 7.47. The molecule has 1 aromatic carbocycles. The van der Waals surface area contributed by atoms with Gasteiger partial charge >= 0.3 is 0 Å². The molecular formula is C20H18FN7O. The Morgan fingerprint density at radius 3 is 2.93 bits per heavy atom. The van der Waals surface area contributed by atoms with Gasteiger partial charge in [-0.3, -0.25) is 9.48 Å². The molecule has 1 aliphatic carbocycles. The van der Waals surface area contributed by atoms with Crippen molar-refractivity contribution in [3.63, 3.8) is 0 Å². The maximum Gasteiger partial charge on any atom is 0.255 e. The molecule has 0 radical (unpaired) electrons. The van der Waals surface area contributed by atoms with Crippen LogP contribution in [0.1, 0.15) is 36.2 Å². The minimum absolute atomic E-state index is 0.129. The Morgan fingerprint density at radius 2 is 2.21 bits per heavy atom. The lowest BCUT2D eigenvalue weighted by Crippen LogP contribution is -2.31. The molecule has 4 rings (SSSR count). The molecule has 1 amide bonds. The molecule has 0 aliphatic heterocycles. The first-order chi connectivity index (χ1) is 14.0. The Bertz CT molecular complexity index is 1100. The molecule has 2 aromatic heterocycles. The predicted molar refractivity (Wildman–Crippen MR) is 104 cm³/mol. The van der Waals surface area contributed by atoms with E-state index in [0.717, 1.165) is 18.5 Å². The van der Waals surface area contributed by atoms with E-state index < -0.39 is 17.8 Å². The van der Waals surface area contributed by atoms with Gasteiger partial charge in [-0.15, -0.1) is 0 Å². The highest BCUT2D eigenvalue weighted by Crippen LogP contribution is 2.34. The summed E-state index contributed by atoms with van der Waals surface area (Å²) in [5, 5.41) is 18.6. The first-order valence-corrected chi connectivity index (χ1v) is 9.18. The summed E-state index contributed by atoms with van der Waals surface area (Å²) in [5.74, 6) is -0.965. The molecule has 0 saturated heterocycles. The van der Waals surface area contributed by atoms with Crippen molar-refractivity contribution in [2.75, 3.05) is 5.32 Å². The normalized spacial score (nSPS) is 14.1. The molecule has 0 spiro atoms. The predicted octanol–water partition coefficient (Wildman–Crippen LogP) is 3.20. The highest BCUT2D eigenvalue weighted by molar-refractivity contribution is 5.95. The number of nitriles is 1. The van der Waals surface area contributed by atoms with Crippen LogP contribution in [0.25, 0.3) is 11.3 Å². The summed E-state index contributed by atoms with van der Waals surface area (Å²) < 4.78 is 16.4. The van der Waals surface area contributed by atoms with Crippen molar-refractivity contribution in [2.24, 2.45) is 0 Å². The highest BCUT2D eigenvalue weighted by atomic mass is 19.1. The molecule has 9 heteroatoms. The summed E-state index contributed by atoms with van der Waals surface area (Å²) in [6, 6.07) is 7.52. The lowest BCUT2D eigenvalue weighted by molar-refractivity contribution is 0.0944. The fourth-order valence-corrected chi connectivity index (χ4v) is 2.82. The standard InChI is InChI=1S/C20H18FN7O/c1-12(9-22)25-19(29)16-5-2-13(8-17(16)21)18-6-7-23-20(27-18)26-14-10-24-28(11-14)15-3-4-15/h2,5-8,10-12,15H,3-4H2,1H3,(H,25,29)(H,23,26,27). The van der Waals surface area contributed by atoms with Gasteiger partial charge in [0.15, 0.2) is 0 Å². The summed E-state index contributed by atoms with van der Waals surface area (Å²) in [6.45, 7) is 1.52. The zero-order valence-corrected chi connectivity index (χ0v) is 15.6. The zero-order valence-electron chi connectivity index (χ0n) is 15.6. The van der Waals surface area contributed by atoms with Crippen molar-refractivity contribution in [1.29, 1.82) is 5.26 Å². The molecule has 2 N–H and O–H groups in total. The lowest BCUT2D eigenvalue weighted by Gasteiger charge is -2.09. The van der Waals surface area contributed by atoms with Crippen LogP contribution >= 0.6 is 0 Å². The van der Waals surface area contributed by atoms with Gasteiger partial charge in [-0.1, -0.05) is 6.07 Å². The summed E-state index contributed by atoms with van der Waals surface area (Å²) >= 11 is 0. The average molecular weight is 391 g/mol. The number of carbonyl (C=O) groups excluding carboxylic acids is 1. The van der Waals surface area contributed by atoms with Gasteiger partial charge in [0.1, 0.15) is 11.9 Å². The van der Waals surface area contributed by atoms with Crippen molar-refractivity contribution >= 4 is 17.5 Å². The first-order valence-electron chi connectivity index (χ1n) is 9.18. The molecule has 1 unspecified atom stereocenters. The molecule has 2 heterocycles. The molecule has 1 atom stereocenters. The van der Waals surface area contributed by atoms with Crippen LogP contribution in [0.3, 0.4) is 0 Å². The van der Waals surface area contributed by atoms with E-state index in [0.29, 0.717) is 23.2 Å². The third-order valence-corrected chi connectivity index (χ3v) is 4.48. The van der Waals surface area contributed by atoms with Crippen molar-refractivity contribution in [2.45, 2.75) is 31.8 Å². The maximum absolute atomic E-state index is 14.5. The number of anilines is 2. The number of carbonyl (C=O) groups is 1. The van der Waals surface area contributed by atoms with E-state index in [4.69, 9.17) is 5.26 Å². The summed E-state index contributed by atoms with van der Waals surface area (Å²) in [7, 11) is 0. The van der Waals surface area contributed by atoms with Gasteiger partial charge in [-0.25, -0.2) is 14.4 Å². The van der Waals surface area contributed by atoms with Gasteiger partial charge in [-0.05, 0) is 38.0 Å². The van der Waals surface area contributed by atoms with Gasteiger partial charge in [0.2, 0.25) is 5.95 Å². The average Bonchev–Trinajstić information content (AvgIpc) is 3.47. The van der Waals surface area contributed by atoms with E-state index in [-0.39, 0.29) is 5.56 Å². The van der Waals surface area contributed by atoms with Gasteiger partial charge < -0.3 is 10.6 Å². The number of benzene rings is 1. The fraction of sp³-hybridized carbons (Fsp3) is 0.250. The number of amides is 1. The van der Waals surface area contributed by atoms with E-state index in [1.807, 2.05) is 16.9 Å². The molecule has 8 nitrogen and oxygen atoms in total. The minimum Gasteiger partial charge on any atom is -0.336 e. The molecule has 146 valence electrons.